The molecular formula is C9H22NO4+. The fourth-order valence-electron chi connectivity index (χ4n) is 1.08. The number of aliphatic hydroxyl groups is 3. The van der Waals surface area contributed by atoms with E-state index < -0.39 is 12.2 Å². The topological polar surface area (TPSA) is 69.9 Å². The third kappa shape index (κ3) is 8.40. The zero-order valence-electron chi connectivity index (χ0n) is 9.18. The molecule has 0 heterocycles. The first kappa shape index (κ1) is 13.8. The van der Waals surface area contributed by atoms with Gasteiger partial charge >= 0.3 is 0 Å². The third-order valence-electron chi connectivity index (χ3n) is 1.59. The number of likely N-dealkylation sites (N-methyl/N-ethyl adjacent to an activating group) is 1. The molecule has 0 fully saturated rings. The highest BCUT2D eigenvalue weighted by Gasteiger charge is 2.15. The lowest BCUT2D eigenvalue weighted by molar-refractivity contribution is -0.873. The Morgan fingerprint density at radius 1 is 1.07 bits per heavy atom. The van der Waals surface area contributed by atoms with Crippen molar-refractivity contribution in [3.8, 4) is 0 Å². The van der Waals surface area contributed by atoms with Crippen LogP contribution in [0.3, 0.4) is 0 Å². The number of hydrogen-bond donors (Lipinski definition) is 3. The van der Waals surface area contributed by atoms with Crippen LogP contribution in [-0.4, -0.2) is 79.5 Å². The van der Waals surface area contributed by atoms with Gasteiger partial charge in [-0.25, -0.2) is 0 Å². The van der Waals surface area contributed by atoms with Gasteiger partial charge in [0.05, 0.1) is 41.0 Å². The maximum Gasteiger partial charge on any atom is 0.126 e. The Morgan fingerprint density at radius 2 is 1.57 bits per heavy atom. The van der Waals surface area contributed by atoms with Crippen LogP contribution in [0, 0.1) is 0 Å². The summed E-state index contributed by atoms with van der Waals surface area (Å²) in [4.78, 5) is 0. The Labute approximate surface area is 85.1 Å². The van der Waals surface area contributed by atoms with Gasteiger partial charge in [-0.3, -0.25) is 0 Å². The maximum absolute atomic E-state index is 9.49. The summed E-state index contributed by atoms with van der Waals surface area (Å²) >= 11 is 0. The zero-order valence-corrected chi connectivity index (χ0v) is 9.18. The van der Waals surface area contributed by atoms with E-state index in [-0.39, 0.29) is 19.8 Å². The number of nitrogens with zero attached hydrogens (tertiary/aromatic N) is 1. The highest BCUT2D eigenvalue weighted by molar-refractivity contribution is 4.54. The van der Waals surface area contributed by atoms with Crippen LogP contribution in [0.15, 0.2) is 0 Å². The summed E-state index contributed by atoms with van der Waals surface area (Å²) in [6.45, 7) is 0.526. The smallest absolute Gasteiger partial charge is 0.126 e. The summed E-state index contributed by atoms with van der Waals surface area (Å²) in [6, 6.07) is 0. The van der Waals surface area contributed by atoms with Crippen molar-refractivity contribution in [2.45, 2.75) is 12.2 Å². The van der Waals surface area contributed by atoms with Crippen LogP contribution in [0.4, 0.5) is 0 Å². The van der Waals surface area contributed by atoms with Gasteiger partial charge in [0.2, 0.25) is 0 Å². The largest absolute Gasteiger partial charge is 0.394 e. The molecule has 2 atom stereocenters. The van der Waals surface area contributed by atoms with Gasteiger partial charge in [0, 0.05) is 0 Å². The van der Waals surface area contributed by atoms with Crippen molar-refractivity contribution in [1.82, 2.24) is 0 Å². The van der Waals surface area contributed by atoms with E-state index in [9.17, 15) is 5.11 Å². The molecule has 0 aliphatic carbocycles. The second kappa shape index (κ2) is 6.31. The first-order valence-electron chi connectivity index (χ1n) is 4.70. The first-order chi connectivity index (χ1) is 6.35. The molecule has 0 spiro atoms. The monoisotopic (exact) mass is 208 g/mol. The van der Waals surface area contributed by atoms with Crippen LogP contribution >= 0.6 is 0 Å². The second-order valence-corrected chi connectivity index (χ2v) is 4.50. The average Bonchev–Trinajstić information content (AvgIpc) is 2.00. The van der Waals surface area contributed by atoms with Crippen LogP contribution in [-0.2, 0) is 4.74 Å². The molecular weight excluding hydrogens is 186 g/mol. The van der Waals surface area contributed by atoms with Crippen molar-refractivity contribution in [1.29, 1.82) is 0 Å². The van der Waals surface area contributed by atoms with Gasteiger partial charge in [-0.1, -0.05) is 0 Å². The highest BCUT2D eigenvalue weighted by atomic mass is 16.5. The molecule has 3 N–H and O–H groups in total. The van der Waals surface area contributed by atoms with Crippen LogP contribution < -0.4 is 0 Å². The van der Waals surface area contributed by atoms with Gasteiger partial charge in [0.25, 0.3) is 0 Å². The van der Waals surface area contributed by atoms with Crippen LogP contribution in [0.5, 0.6) is 0 Å². The average molecular weight is 208 g/mol. The summed E-state index contributed by atoms with van der Waals surface area (Å²) in [5.41, 5.74) is 0. The van der Waals surface area contributed by atoms with Crippen molar-refractivity contribution in [2.24, 2.45) is 0 Å². The molecule has 2 unspecified atom stereocenters. The summed E-state index contributed by atoms with van der Waals surface area (Å²) < 4.78 is 5.68. The minimum atomic E-state index is -0.855. The number of quaternary nitrogens is 1. The van der Waals surface area contributed by atoms with Crippen molar-refractivity contribution < 1.29 is 24.5 Å². The third-order valence-corrected chi connectivity index (χ3v) is 1.59. The summed E-state index contributed by atoms with van der Waals surface area (Å²) in [7, 11) is 5.93. The molecule has 0 rings (SSSR count). The molecule has 0 aliphatic rings. The Balaban J connectivity index is 3.50. The van der Waals surface area contributed by atoms with E-state index >= 15 is 0 Å². The standard InChI is InChI=1S/C9H22NO4/c1-10(2,3)4-8(12)6-14-7-9(13)5-11/h8-9,11-13H,4-7H2,1-3H3/q+1. The Kier molecular flexibility index (Phi) is 6.22. The van der Waals surface area contributed by atoms with E-state index in [1.54, 1.807) is 0 Å². The molecule has 0 aromatic rings. The number of aliphatic hydroxyl groups excluding tert-OH is 3. The van der Waals surface area contributed by atoms with Gasteiger partial charge in [-0.15, -0.1) is 0 Å². The minimum absolute atomic E-state index is 0.0602. The van der Waals surface area contributed by atoms with Gasteiger partial charge in [-0.2, -0.15) is 0 Å². The number of rotatable bonds is 7. The van der Waals surface area contributed by atoms with Crippen LogP contribution in [0.1, 0.15) is 0 Å². The summed E-state index contributed by atoms with van der Waals surface area (Å²) in [6.07, 6.45) is -1.40. The van der Waals surface area contributed by atoms with Crippen molar-refractivity contribution in [3.63, 3.8) is 0 Å². The number of hydrogen-bond acceptors (Lipinski definition) is 4. The molecule has 0 aliphatic heterocycles. The lowest BCUT2D eigenvalue weighted by Crippen LogP contribution is -2.43. The molecule has 0 radical (unpaired) electrons. The van der Waals surface area contributed by atoms with Gasteiger partial charge in [0.1, 0.15) is 18.8 Å². The lowest BCUT2D eigenvalue weighted by Gasteiger charge is -2.26. The van der Waals surface area contributed by atoms with E-state index in [4.69, 9.17) is 14.9 Å². The Bertz CT molecular complexity index is 146. The lowest BCUT2D eigenvalue weighted by atomic mass is 10.3. The molecule has 0 amide bonds. The van der Waals surface area contributed by atoms with Gasteiger partial charge in [-0.05, 0) is 0 Å². The fourth-order valence-corrected chi connectivity index (χ4v) is 1.08. The normalized spacial score (nSPS) is 16.7. The molecule has 0 aromatic carbocycles. The van der Waals surface area contributed by atoms with E-state index in [2.05, 4.69) is 0 Å². The molecule has 5 nitrogen and oxygen atoms in total. The molecule has 0 saturated carbocycles. The molecule has 14 heavy (non-hydrogen) atoms. The van der Waals surface area contributed by atoms with Gasteiger partial charge < -0.3 is 24.5 Å². The quantitative estimate of drug-likeness (QED) is 0.442. The summed E-state index contributed by atoms with van der Waals surface area (Å²) in [5.74, 6) is 0. The SMILES string of the molecule is C[N+](C)(C)CC(O)COCC(O)CO. The van der Waals surface area contributed by atoms with E-state index in [1.807, 2.05) is 21.1 Å². The molecule has 86 valence electrons. The number of ether oxygens (including phenoxy) is 1. The van der Waals surface area contributed by atoms with E-state index in [1.165, 1.54) is 0 Å². The highest BCUT2D eigenvalue weighted by Crippen LogP contribution is 1.96. The van der Waals surface area contributed by atoms with Crippen LogP contribution in [0.25, 0.3) is 0 Å². The predicted octanol–water partition coefficient (Wildman–Crippen LogP) is -1.58. The minimum Gasteiger partial charge on any atom is -0.394 e. The molecule has 0 saturated heterocycles. The molecule has 5 heteroatoms. The van der Waals surface area contributed by atoms with Gasteiger partial charge in [0.15, 0.2) is 0 Å². The Morgan fingerprint density at radius 3 is 2.00 bits per heavy atom. The predicted molar refractivity (Wildman–Crippen MR) is 52.8 cm³/mol. The zero-order chi connectivity index (χ0) is 11.2. The molecule has 0 bridgehead atoms. The second-order valence-electron chi connectivity index (χ2n) is 4.50. The van der Waals surface area contributed by atoms with E-state index in [0.29, 0.717) is 11.0 Å². The van der Waals surface area contributed by atoms with Crippen molar-refractivity contribution in [2.75, 3.05) is 47.5 Å². The fraction of sp³-hybridized carbons (Fsp3) is 1.00. The van der Waals surface area contributed by atoms with Crippen molar-refractivity contribution >= 4 is 0 Å². The van der Waals surface area contributed by atoms with Crippen molar-refractivity contribution in [3.05, 3.63) is 0 Å². The molecule has 0 aromatic heterocycles. The van der Waals surface area contributed by atoms with Crippen LogP contribution in [0.2, 0.25) is 0 Å². The summed E-state index contributed by atoms with van der Waals surface area (Å²) in [5, 5.41) is 26.9. The first-order valence-corrected chi connectivity index (χ1v) is 4.70. The Hall–Kier alpha value is -0.200. The van der Waals surface area contributed by atoms with E-state index in [0.717, 1.165) is 0 Å². The maximum atomic E-state index is 9.49.